The second kappa shape index (κ2) is 5.37. The molecule has 1 aliphatic rings. The maximum Gasteiger partial charge on any atom is 0.0941 e. The van der Waals surface area contributed by atoms with Crippen LogP contribution in [0.25, 0.3) is 10.2 Å². The first kappa shape index (κ1) is 12.1. The molecule has 2 nitrogen and oxygen atoms in total. The molecule has 2 unspecified atom stereocenters. The minimum atomic E-state index is 0.745. The van der Waals surface area contributed by atoms with Crippen molar-refractivity contribution in [2.24, 2.45) is 5.92 Å². The van der Waals surface area contributed by atoms with Gasteiger partial charge in [0, 0.05) is 12.5 Å². The summed E-state index contributed by atoms with van der Waals surface area (Å²) in [5.74, 6) is 0.828. The topological polar surface area (TPSA) is 24.9 Å². The zero-order valence-corrected chi connectivity index (χ0v) is 11.7. The van der Waals surface area contributed by atoms with Gasteiger partial charge in [-0.05, 0) is 43.9 Å². The van der Waals surface area contributed by atoms with Crippen LogP contribution in [0.2, 0.25) is 0 Å². The maximum atomic E-state index is 4.75. The van der Waals surface area contributed by atoms with E-state index in [0.717, 1.165) is 18.5 Å². The van der Waals surface area contributed by atoms with Crippen LogP contribution in [-0.2, 0) is 6.42 Å². The number of rotatable bonds is 4. The van der Waals surface area contributed by atoms with Crippen LogP contribution in [0.5, 0.6) is 0 Å². The van der Waals surface area contributed by atoms with Gasteiger partial charge in [-0.1, -0.05) is 19.1 Å². The van der Waals surface area contributed by atoms with Gasteiger partial charge < -0.3 is 5.32 Å². The molecule has 0 radical (unpaired) electrons. The molecule has 2 atom stereocenters. The van der Waals surface area contributed by atoms with Crippen molar-refractivity contribution in [1.29, 1.82) is 0 Å². The van der Waals surface area contributed by atoms with Crippen LogP contribution >= 0.6 is 11.3 Å². The Morgan fingerprint density at radius 2 is 2.22 bits per heavy atom. The van der Waals surface area contributed by atoms with E-state index in [0.29, 0.717) is 0 Å². The van der Waals surface area contributed by atoms with Gasteiger partial charge in [-0.25, -0.2) is 4.98 Å². The number of hydrogen-bond acceptors (Lipinski definition) is 3. The molecule has 1 N–H and O–H groups in total. The summed E-state index contributed by atoms with van der Waals surface area (Å²) in [6, 6.07) is 9.20. The average Bonchev–Trinajstić information content (AvgIpc) is 2.96. The van der Waals surface area contributed by atoms with E-state index in [9.17, 15) is 0 Å². The Kier molecular flexibility index (Phi) is 3.62. The lowest BCUT2D eigenvalue weighted by Gasteiger charge is -2.10. The van der Waals surface area contributed by atoms with E-state index in [2.05, 4.69) is 36.5 Å². The monoisotopic (exact) mass is 260 g/mol. The van der Waals surface area contributed by atoms with Crippen molar-refractivity contribution in [2.45, 2.75) is 38.6 Å². The standard InChI is InChI=1S/C15H20N2S/c1-2-16-12-8-7-11(9-12)10-15-17-13-5-3-4-6-14(13)18-15/h3-6,11-12,16H,2,7-10H2,1H3. The first-order chi connectivity index (χ1) is 8.85. The highest BCUT2D eigenvalue weighted by atomic mass is 32.1. The third kappa shape index (κ3) is 2.57. The molecule has 1 heterocycles. The van der Waals surface area contributed by atoms with Crippen molar-refractivity contribution in [1.82, 2.24) is 10.3 Å². The lowest BCUT2D eigenvalue weighted by molar-refractivity contribution is 0.493. The van der Waals surface area contributed by atoms with Crippen LogP contribution in [0, 0.1) is 5.92 Å². The molecule has 0 bridgehead atoms. The number of aromatic nitrogens is 1. The Labute approximate surface area is 112 Å². The lowest BCUT2D eigenvalue weighted by Crippen LogP contribution is -2.25. The van der Waals surface area contributed by atoms with E-state index < -0.39 is 0 Å². The molecule has 0 spiro atoms. The Bertz CT molecular complexity index is 487. The normalized spacial score (nSPS) is 23.8. The summed E-state index contributed by atoms with van der Waals surface area (Å²) in [7, 11) is 0. The van der Waals surface area contributed by atoms with E-state index >= 15 is 0 Å². The summed E-state index contributed by atoms with van der Waals surface area (Å²) >= 11 is 1.87. The number of para-hydroxylation sites is 1. The Morgan fingerprint density at radius 1 is 1.33 bits per heavy atom. The fourth-order valence-electron chi connectivity index (χ4n) is 2.99. The highest BCUT2D eigenvalue weighted by Gasteiger charge is 2.24. The second-order valence-corrected chi connectivity index (χ2v) is 6.33. The molecule has 3 heteroatoms. The highest BCUT2D eigenvalue weighted by Crippen LogP contribution is 2.31. The zero-order chi connectivity index (χ0) is 12.4. The number of fused-ring (bicyclic) bond motifs is 1. The summed E-state index contributed by atoms with van der Waals surface area (Å²) in [4.78, 5) is 4.75. The summed E-state index contributed by atoms with van der Waals surface area (Å²) in [6.45, 7) is 3.29. The minimum absolute atomic E-state index is 0.745. The number of nitrogens with zero attached hydrogens (tertiary/aromatic N) is 1. The Hall–Kier alpha value is -0.930. The number of thiazole rings is 1. The van der Waals surface area contributed by atoms with Gasteiger partial charge in [0.05, 0.1) is 15.2 Å². The number of hydrogen-bond donors (Lipinski definition) is 1. The molecule has 1 fully saturated rings. The smallest absolute Gasteiger partial charge is 0.0941 e. The van der Waals surface area contributed by atoms with Gasteiger partial charge in [-0.15, -0.1) is 11.3 Å². The third-order valence-corrected chi connectivity index (χ3v) is 4.89. The van der Waals surface area contributed by atoms with E-state index in [1.807, 2.05) is 11.3 Å². The van der Waals surface area contributed by atoms with Gasteiger partial charge >= 0.3 is 0 Å². The molecule has 3 rings (SSSR count). The van der Waals surface area contributed by atoms with Gasteiger partial charge in [0.1, 0.15) is 0 Å². The molecular formula is C15H20N2S. The van der Waals surface area contributed by atoms with Crippen LogP contribution < -0.4 is 5.32 Å². The molecular weight excluding hydrogens is 240 g/mol. The van der Waals surface area contributed by atoms with Crippen molar-refractivity contribution in [3.05, 3.63) is 29.3 Å². The van der Waals surface area contributed by atoms with Crippen LogP contribution in [0.15, 0.2) is 24.3 Å². The molecule has 1 saturated carbocycles. The second-order valence-electron chi connectivity index (χ2n) is 5.21. The lowest BCUT2D eigenvalue weighted by atomic mass is 10.0. The molecule has 1 aromatic heterocycles. The zero-order valence-electron chi connectivity index (χ0n) is 10.9. The van der Waals surface area contributed by atoms with E-state index in [1.54, 1.807) is 0 Å². The quantitative estimate of drug-likeness (QED) is 0.908. The summed E-state index contributed by atoms with van der Waals surface area (Å²) in [5, 5.41) is 4.89. The Balaban J connectivity index is 1.66. The molecule has 1 aliphatic carbocycles. The van der Waals surface area contributed by atoms with Gasteiger partial charge in [0.15, 0.2) is 0 Å². The number of nitrogens with one attached hydrogen (secondary N) is 1. The molecule has 96 valence electrons. The minimum Gasteiger partial charge on any atom is -0.314 e. The van der Waals surface area contributed by atoms with Gasteiger partial charge in [-0.3, -0.25) is 0 Å². The molecule has 2 aromatic rings. The maximum absolute atomic E-state index is 4.75. The fourth-order valence-corrected chi connectivity index (χ4v) is 4.07. The SMILES string of the molecule is CCNC1CCC(Cc2nc3ccccc3s2)C1. The van der Waals surface area contributed by atoms with Crippen molar-refractivity contribution in [3.8, 4) is 0 Å². The molecule has 0 saturated heterocycles. The first-order valence-corrected chi connectivity index (χ1v) is 7.74. The van der Waals surface area contributed by atoms with Crippen molar-refractivity contribution in [2.75, 3.05) is 6.54 Å². The predicted octanol–water partition coefficient (Wildman–Crippen LogP) is 3.62. The predicted molar refractivity (Wildman–Crippen MR) is 78.1 cm³/mol. The van der Waals surface area contributed by atoms with Crippen LogP contribution in [-0.4, -0.2) is 17.6 Å². The Morgan fingerprint density at radius 3 is 3.06 bits per heavy atom. The fraction of sp³-hybridized carbons (Fsp3) is 0.533. The van der Waals surface area contributed by atoms with Crippen LogP contribution in [0.4, 0.5) is 0 Å². The molecule has 0 amide bonds. The third-order valence-electron chi connectivity index (χ3n) is 3.84. The van der Waals surface area contributed by atoms with Gasteiger partial charge in [-0.2, -0.15) is 0 Å². The van der Waals surface area contributed by atoms with Crippen molar-refractivity contribution >= 4 is 21.6 Å². The van der Waals surface area contributed by atoms with Crippen molar-refractivity contribution < 1.29 is 0 Å². The summed E-state index contributed by atoms with van der Waals surface area (Å²) in [6.07, 6.45) is 5.18. The molecule has 0 aliphatic heterocycles. The summed E-state index contributed by atoms with van der Waals surface area (Å²) < 4.78 is 1.33. The van der Waals surface area contributed by atoms with Gasteiger partial charge in [0.25, 0.3) is 0 Å². The van der Waals surface area contributed by atoms with Crippen molar-refractivity contribution in [3.63, 3.8) is 0 Å². The van der Waals surface area contributed by atoms with E-state index in [4.69, 9.17) is 4.98 Å². The van der Waals surface area contributed by atoms with E-state index in [1.165, 1.54) is 40.9 Å². The molecule has 18 heavy (non-hydrogen) atoms. The van der Waals surface area contributed by atoms with E-state index in [-0.39, 0.29) is 0 Å². The largest absolute Gasteiger partial charge is 0.314 e. The number of benzene rings is 1. The van der Waals surface area contributed by atoms with Crippen LogP contribution in [0.3, 0.4) is 0 Å². The first-order valence-electron chi connectivity index (χ1n) is 6.93. The van der Waals surface area contributed by atoms with Gasteiger partial charge in [0.2, 0.25) is 0 Å². The molecule has 1 aromatic carbocycles. The van der Waals surface area contributed by atoms with Crippen LogP contribution in [0.1, 0.15) is 31.2 Å². The summed E-state index contributed by atoms with van der Waals surface area (Å²) in [5.41, 5.74) is 1.17. The average molecular weight is 260 g/mol. The highest BCUT2D eigenvalue weighted by molar-refractivity contribution is 7.18.